The van der Waals surface area contributed by atoms with E-state index >= 15 is 0 Å². The molecule has 1 heterocycles. The normalized spacial score (nSPS) is 30.5. The van der Waals surface area contributed by atoms with Crippen LogP contribution in [-0.2, 0) is 0 Å². The third kappa shape index (κ3) is 2.19. The summed E-state index contributed by atoms with van der Waals surface area (Å²) in [5.74, 6) is 2.57. The van der Waals surface area contributed by atoms with Crippen LogP contribution in [0.4, 0.5) is 0 Å². The van der Waals surface area contributed by atoms with E-state index in [-0.39, 0.29) is 11.6 Å². The fourth-order valence-corrected chi connectivity index (χ4v) is 2.98. The molecule has 1 saturated carbocycles. The molecule has 1 aliphatic heterocycles. The molecule has 0 amide bonds. The van der Waals surface area contributed by atoms with Crippen LogP contribution in [0.5, 0.6) is 11.5 Å². The van der Waals surface area contributed by atoms with E-state index in [0.717, 1.165) is 35.8 Å². The van der Waals surface area contributed by atoms with E-state index in [0.29, 0.717) is 0 Å². The first kappa shape index (κ1) is 11.8. The Balaban J connectivity index is 1.88. The summed E-state index contributed by atoms with van der Waals surface area (Å²) >= 11 is 0. The average Bonchev–Trinajstić information content (AvgIpc) is 3.11. The molecule has 1 aromatic carbocycles. The number of fused-ring (bicyclic) bond motifs is 1. The zero-order valence-corrected chi connectivity index (χ0v) is 11.1. The molecule has 1 unspecified atom stereocenters. The third-order valence-electron chi connectivity index (χ3n) is 4.05. The summed E-state index contributed by atoms with van der Waals surface area (Å²) in [7, 11) is 1.67. The summed E-state index contributed by atoms with van der Waals surface area (Å²) in [6.07, 6.45) is 4.72. The highest BCUT2D eigenvalue weighted by atomic mass is 16.5. The number of nitrogens with two attached hydrogens (primary N) is 1. The minimum Gasteiger partial charge on any atom is -0.497 e. The zero-order valence-electron chi connectivity index (χ0n) is 11.1. The molecule has 98 valence electrons. The van der Waals surface area contributed by atoms with Crippen molar-refractivity contribution < 1.29 is 9.47 Å². The lowest BCUT2D eigenvalue weighted by Gasteiger charge is -2.39. The van der Waals surface area contributed by atoms with Gasteiger partial charge in [0.15, 0.2) is 0 Å². The van der Waals surface area contributed by atoms with Crippen LogP contribution in [0.25, 0.3) is 0 Å². The van der Waals surface area contributed by atoms with Crippen molar-refractivity contribution in [3.63, 3.8) is 0 Å². The number of rotatable bonds is 3. The average molecular weight is 247 g/mol. The van der Waals surface area contributed by atoms with Gasteiger partial charge < -0.3 is 15.2 Å². The van der Waals surface area contributed by atoms with E-state index in [1.54, 1.807) is 7.11 Å². The topological polar surface area (TPSA) is 44.5 Å². The predicted molar refractivity (Wildman–Crippen MR) is 70.9 cm³/mol. The molecular weight excluding hydrogens is 226 g/mol. The van der Waals surface area contributed by atoms with E-state index in [2.05, 4.69) is 6.92 Å². The highest BCUT2D eigenvalue weighted by molar-refractivity contribution is 5.44. The lowest BCUT2D eigenvalue weighted by atomic mass is 9.85. The molecule has 1 fully saturated rings. The van der Waals surface area contributed by atoms with Gasteiger partial charge in [-0.1, -0.05) is 18.9 Å². The second-order valence-electron chi connectivity index (χ2n) is 5.91. The van der Waals surface area contributed by atoms with Crippen LogP contribution in [0.1, 0.15) is 44.2 Å². The molecule has 0 saturated heterocycles. The fourth-order valence-electron chi connectivity index (χ4n) is 2.98. The van der Waals surface area contributed by atoms with Gasteiger partial charge in [0.1, 0.15) is 17.1 Å². The molecule has 1 aromatic rings. The molecule has 3 heteroatoms. The van der Waals surface area contributed by atoms with E-state index in [1.807, 2.05) is 18.2 Å². The van der Waals surface area contributed by atoms with Gasteiger partial charge in [-0.2, -0.15) is 0 Å². The minimum atomic E-state index is -0.111. The summed E-state index contributed by atoms with van der Waals surface area (Å²) in [4.78, 5) is 0. The van der Waals surface area contributed by atoms with Gasteiger partial charge in [-0.3, -0.25) is 0 Å². The maximum Gasteiger partial charge on any atom is 0.128 e. The summed E-state index contributed by atoms with van der Waals surface area (Å²) in [5, 5.41) is 0. The van der Waals surface area contributed by atoms with Gasteiger partial charge in [-0.25, -0.2) is 0 Å². The van der Waals surface area contributed by atoms with Gasteiger partial charge in [0, 0.05) is 24.1 Å². The Bertz CT molecular complexity index is 456. The second kappa shape index (κ2) is 4.16. The molecule has 3 rings (SSSR count). The van der Waals surface area contributed by atoms with Gasteiger partial charge in [0.05, 0.1) is 7.11 Å². The van der Waals surface area contributed by atoms with Gasteiger partial charge in [0.25, 0.3) is 0 Å². The summed E-state index contributed by atoms with van der Waals surface area (Å²) in [5.41, 5.74) is 7.28. The maximum absolute atomic E-state index is 6.29. The molecule has 2 aliphatic rings. The molecular formula is C15H21NO2. The van der Waals surface area contributed by atoms with Gasteiger partial charge in [-0.15, -0.1) is 0 Å². The van der Waals surface area contributed by atoms with Crippen LogP contribution in [0, 0.1) is 5.92 Å². The standard InChI is InChI=1S/C15H21NO2/c1-15(8-10-3-4-10)9-13(16)12-6-5-11(17-2)7-14(12)18-15/h5-7,10,13H,3-4,8-9,16H2,1-2H3/t13-,15?/m0/s1. The molecule has 0 radical (unpaired) electrons. The monoisotopic (exact) mass is 247 g/mol. The van der Waals surface area contributed by atoms with Gasteiger partial charge in [-0.05, 0) is 25.3 Å². The van der Waals surface area contributed by atoms with Crippen molar-refractivity contribution in [2.24, 2.45) is 11.7 Å². The molecule has 3 nitrogen and oxygen atoms in total. The van der Waals surface area contributed by atoms with E-state index in [9.17, 15) is 0 Å². The largest absolute Gasteiger partial charge is 0.497 e. The van der Waals surface area contributed by atoms with Crippen molar-refractivity contribution in [2.75, 3.05) is 7.11 Å². The summed E-state index contributed by atoms with van der Waals surface area (Å²) < 4.78 is 11.5. The van der Waals surface area contributed by atoms with Crippen LogP contribution in [0.15, 0.2) is 18.2 Å². The quantitative estimate of drug-likeness (QED) is 0.893. The van der Waals surface area contributed by atoms with Crippen molar-refractivity contribution >= 4 is 0 Å². The molecule has 2 atom stereocenters. The van der Waals surface area contributed by atoms with Crippen LogP contribution >= 0.6 is 0 Å². The molecule has 0 bridgehead atoms. The van der Waals surface area contributed by atoms with Crippen LogP contribution in [-0.4, -0.2) is 12.7 Å². The van der Waals surface area contributed by atoms with Crippen molar-refractivity contribution in [1.82, 2.24) is 0 Å². The number of benzene rings is 1. The van der Waals surface area contributed by atoms with Crippen molar-refractivity contribution in [3.8, 4) is 11.5 Å². The van der Waals surface area contributed by atoms with E-state index in [1.165, 1.54) is 12.8 Å². The minimum absolute atomic E-state index is 0.0726. The SMILES string of the molecule is COc1ccc2c(c1)OC(C)(CC1CC1)C[C@@H]2N. The fraction of sp³-hybridized carbons (Fsp3) is 0.600. The lowest BCUT2D eigenvalue weighted by Crippen LogP contribution is -2.40. The molecule has 18 heavy (non-hydrogen) atoms. The van der Waals surface area contributed by atoms with Gasteiger partial charge in [0.2, 0.25) is 0 Å². The molecule has 0 aromatic heterocycles. The second-order valence-corrected chi connectivity index (χ2v) is 5.91. The first-order valence-electron chi connectivity index (χ1n) is 6.72. The Labute approximate surface area is 108 Å². The van der Waals surface area contributed by atoms with Gasteiger partial charge >= 0.3 is 0 Å². The number of methoxy groups -OCH3 is 1. The van der Waals surface area contributed by atoms with Crippen LogP contribution in [0.2, 0.25) is 0 Å². The third-order valence-corrected chi connectivity index (χ3v) is 4.05. The highest BCUT2D eigenvalue weighted by Crippen LogP contribution is 2.46. The highest BCUT2D eigenvalue weighted by Gasteiger charge is 2.40. The maximum atomic E-state index is 6.29. The Morgan fingerprint density at radius 1 is 1.44 bits per heavy atom. The Hall–Kier alpha value is -1.22. The van der Waals surface area contributed by atoms with Crippen molar-refractivity contribution in [2.45, 2.75) is 44.2 Å². The summed E-state index contributed by atoms with van der Waals surface area (Å²) in [6.45, 7) is 2.19. The predicted octanol–water partition coefficient (Wildman–Crippen LogP) is 3.04. The first-order valence-corrected chi connectivity index (χ1v) is 6.72. The Morgan fingerprint density at radius 3 is 2.89 bits per heavy atom. The van der Waals surface area contributed by atoms with E-state index in [4.69, 9.17) is 15.2 Å². The Kier molecular flexibility index (Phi) is 2.74. The number of hydrogen-bond acceptors (Lipinski definition) is 3. The molecule has 1 aliphatic carbocycles. The first-order chi connectivity index (χ1) is 8.59. The van der Waals surface area contributed by atoms with Crippen molar-refractivity contribution in [3.05, 3.63) is 23.8 Å². The number of hydrogen-bond donors (Lipinski definition) is 1. The number of ether oxygens (including phenoxy) is 2. The molecule has 0 spiro atoms. The smallest absolute Gasteiger partial charge is 0.128 e. The zero-order chi connectivity index (χ0) is 12.8. The Morgan fingerprint density at radius 2 is 2.22 bits per heavy atom. The van der Waals surface area contributed by atoms with Crippen molar-refractivity contribution in [1.29, 1.82) is 0 Å². The lowest BCUT2D eigenvalue weighted by molar-refractivity contribution is 0.0400. The summed E-state index contributed by atoms with van der Waals surface area (Å²) in [6, 6.07) is 6.00. The van der Waals surface area contributed by atoms with Crippen LogP contribution in [0.3, 0.4) is 0 Å². The van der Waals surface area contributed by atoms with E-state index < -0.39 is 0 Å². The van der Waals surface area contributed by atoms with Crippen LogP contribution < -0.4 is 15.2 Å². The molecule has 2 N–H and O–H groups in total.